The molecule has 0 bridgehead atoms. The van der Waals surface area contributed by atoms with Crippen molar-refractivity contribution >= 4 is 28.8 Å². The van der Waals surface area contributed by atoms with Gasteiger partial charge in [0.2, 0.25) is 0 Å². The number of hydrogen-bond donors (Lipinski definition) is 2. The minimum Gasteiger partial charge on any atom is -0.483 e. The third-order valence-electron chi connectivity index (χ3n) is 4.59. The molecular weight excluding hydrogens is 417 g/mol. The number of likely N-dealkylation sites (N-methyl/N-ethyl adjacent to an activating group) is 1. The number of amides is 2. The lowest BCUT2D eigenvalue weighted by molar-refractivity contribution is -0.118. The van der Waals surface area contributed by atoms with E-state index in [2.05, 4.69) is 10.6 Å². The molecule has 2 aromatic carbocycles. The van der Waals surface area contributed by atoms with Crippen LogP contribution in [0.25, 0.3) is 0 Å². The molecule has 3 aromatic rings. The largest absolute Gasteiger partial charge is 0.483 e. The fourth-order valence-corrected chi connectivity index (χ4v) is 3.90. The van der Waals surface area contributed by atoms with Gasteiger partial charge in [-0.05, 0) is 49.8 Å². The average molecular weight is 442 g/mol. The molecule has 0 fully saturated rings. The van der Waals surface area contributed by atoms with E-state index in [0.717, 1.165) is 4.88 Å². The molecule has 3 rings (SSSR count). The topological polar surface area (TPSA) is 70.7 Å². The van der Waals surface area contributed by atoms with E-state index in [1.807, 2.05) is 36.5 Å². The van der Waals surface area contributed by atoms with Crippen molar-refractivity contribution in [2.24, 2.45) is 0 Å². The molecule has 0 saturated heterocycles. The third-order valence-corrected chi connectivity index (χ3v) is 5.56. The zero-order valence-corrected chi connectivity index (χ0v) is 18.1. The highest BCUT2D eigenvalue weighted by Gasteiger charge is 2.19. The Balaban J connectivity index is 1.61. The molecule has 2 N–H and O–H groups in total. The first kappa shape index (κ1) is 22.5. The predicted octanol–water partition coefficient (Wildman–Crippen LogP) is 3.94. The number of hydrogen-bond acceptors (Lipinski definition) is 5. The number of thiophene rings is 1. The summed E-state index contributed by atoms with van der Waals surface area (Å²) in [4.78, 5) is 28.1. The summed E-state index contributed by atoms with van der Waals surface area (Å²) in [6.07, 6.45) is 0. The Morgan fingerprint density at radius 1 is 1.06 bits per heavy atom. The first-order chi connectivity index (χ1) is 15.0. The summed E-state index contributed by atoms with van der Waals surface area (Å²) >= 11 is 1.63. The molecule has 0 aliphatic carbocycles. The Labute approximate surface area is 184 Å². The van der Waals surface area contributed by atoms with Gasteiger partial charge in [0.1, 0.15) is 11.6 Å². The van der Waals surface area contributed by atoms with Crippen molar-refractivity contribution in [1.82, 2.24) is 10.2 Å². The second-order valence-corrected chi connectivity index (χ2v) is 8.00. The van der Waals surface area contributed by atoms with Gasteiger partial charge in [0.25, 0.3) is 11.8 Å². The van der Waals surface area contributed by atoms with Crippen LogP contribution in [0.1, 0.15) is 21.3 Å². The summed E-state index contributed by atoms with van der Waals surface area (Å²) in [5.74, 6) is -1.07. The van der Waals surface area contributed by atoms with Crippen LogP contribution in [0, 0.1) is 5.82 Å². The summed E-state index contributed by atoms with van der Waals surface area (Å²) in [5, 5.41) is 7.40. The second-order valence-electron chi connectivity index (χ2n) is 7.02. The summed E-state index contributed by atoms with van der Waals surface area (Å²) in [7, 11) is 3.92. The molecule has 2 amide bonds. The van der Waals surface area contributed by atoms with Crippen molar-refractivity contribution in [2.75, 3.05) is 32.6 Å². The number of benzene rings is 2. The Kier molecular flexibility index (Phi) is 7.75. The van der Waals surface area contributed by atoms with Crippen LogP contribution in [0.3, 0.4) is 0 Å². The Morgan fingerprint density at radius 2 is 1.81 bits per heavy atom. The quantitative estimate of drug-likeness (QED) is 0.528. The van der Waals surface area contributed by atoms with Crippen molar-refractivity contribution in [3.05, 3.63) is 82.3 Å². The Hall–Kier alpha value is -3.23. The molecule has 31 heavy (non-hydrogen) atoms. The van der Waals surface area contributed by atoms with Crippen LogP contribution in [-0.2, 0) is 4.79 Å². The lowest BCUT2D eigenvalue weighted by atomic mass is 10.1. The molecule has 1 atom stereocenters. The fourth-order valence-electron chi connectivity index (χ4n) is 2.98. The van der Waals surface area contributed by atoms with Gasteiger partial charge in [-0.1, -0.05) is 30.3 Å². The summed E-state index contributed by atoms with van der Waals surface area (Å²) < 4.78 is 19.2. The van der Waals surface area contributed by atoms with E-state index in [-0.39, 0.29) is 30.0 Å². The summed E-state index contributed by atoms with van der Waals surface area (Å²) in [6.45, 7) is 0.0720. The number of carbonyl (C=O) groups is 2. The minimum absolute atomic E-state index is 0.0450. The van der Waals surface area contributed by atoms with Gasteiger partial charge in [-0.15, -0.1) is 11.3 Å². The zero-order chi connectivity index (χ0) is 22.2. The number of rotatable bonds is 9. The van der Waals surface area contributed by atoms with E-state index in [1.54, 1.807) is 41.7 Å². The zero-order valence-electron chi connectivity index (χ0n) is 17.3. The molecule has 0 radical (unpaired) electrons. The smallest absolute Gasteiger partial charge is 0.262 e. The van der Waals surface area contributed by atoms with Gasteiger partial charge in [-0.3, -0.25) is 9.59 Å². The predicted molar refractivity (Wildman–Crippen MR) is 120 cm³/mol. The summed E-state index contributed by atoms with van der Waals surface area (Å²) in [5.41, 5.74) is 0.398. The highest BCUT2D eigenvalue weighted by Crippen LogP contribution is 2.23. The number of nitrogens with one attached hydrogen (secondary N) is 2. The van der Waals surface area contributed by atoms with Crippen LogP contribution in [0.2, 0.25) is 0 Å². The van der Waals surface area contributed by atoms with Crippen LogP contribution in [0.15, 0.2) is 66.0 Å². The maximum Gasteiger partial charge on any atom is 0.262 e. The number of nitrogens with zero attached hydrogens (tertiary/aromatic N) is 1. The Bertz CT molecular complexity index is 1020. The molecule has 162 valence electrons. The first-order valence-corrected chi connectivity index (χ1v) is 10.6. The van der Waals surface area contributed by atoms with Gasteiger partial charge in [0.15, 0.2) is 6.61 Å². The lowest BCUT2D eigenvalue weighted by Crippen LogP contribution is -2.34. The van der Waals surface area contributed by atoms with E-state index in [0.29, 0.717) is 12.1 Å². The summed E-state index contributed by atoms with van der Waals surface area (Å²) in [6, 6.07) is 16.6. The number of ether oxygens (including phenoxy) is 1. The number of para-hydroxylation sites is 2. The van der Waals surface area contributed by atoms with Crippen LogP contribution in [0.5, 0.6) is 5.75 Å². The van der Waals surface area contributed by atoms with Crippen LogP contribution in [-0.4, -0.2) is 44.0 Å². The number of anilines is 1. The molecule has 0 spiro atoms. The fraction of sp³-hybridized carbons (Fsp3) is 0.217. The van der Waals surface area contributed by atoms with Crippen LogP contribution < -0.4 is 15.4 Å². The molecule has 1 aromatic heterocycles. The van der Waals surface area contributed by atoms with Crippen molar-refractivity contribution in [1.29, 1.82) is 0 Å². The number of carbonyl (C=O) groups excluding carboxylic acids is 2. The number of halogens is 1. The maximum absolute atomic E-state index is 13.7. The normalized spacial score (nSPS) is 11.7. The van der Waals surface area contributed by atoms with Gasteiger partial charge >= 0.3 is 0 Å². The van der Waals surface area contributed by atoms with E-state index < -0.39 is 11.7 Å². The van der Waals surface area contributed by atoms with E-state index in [1.165, 1.54) is 18.2 Å². The SMILES string of the molecule is CN(C)C(CNC(=O)c1ccccc1OCC(=O)Nc1ccccc1F)c1cccs1. The molecule has 1 unspecified atom stereocenters. The van der Waals surface area contributed by atoms with Gasteiger partial charge in [0, 0.05) is 11.4 Å². The maximum atomic E-state index is 13.7. The highest BCUT2D eigenvalue weighted by atomic mass is 32.1. The van der Waals surface area contributed by atoms with Gasteiger partial charge in [-0.2, -0.15) is 0 Å². The van der Waals surface area contributed by atoms with Gasteiger partial charge in [0.05, 0.1) is 17.3 Å². The molecular formula is C23H24FN3O3S. The molecule has 0 aliphatic heterocycles. The lowest BCUT2D eigenvalue weighted by Gasteiger charge is -2.23. The Morgan fingerprint density at radius 3 is 2.52 bits per heavy atom. The highest BCUT2D eigenvalue weighted by molar-refractivity contribution is 7.10. The minimum atomic E-state index is -0.531. The van der Waals surface area contributed by atoms with Crippen molar-refractivity contribution in [3.63, 3.8) is 0 Å². The van der Waals surface area contributed by atoms with Crippen LogP contribution >= 0.6 is 11.3 Å². The van der Waals surface area contributed by atoms with Crippen LogP contribution in [0.4, 0.5) is 10.1 Å². The standard InChI is InChI=1S/C23H24FN3O3S/c1-27(2)19(21-12-7-13-31-21)14-25-23(29)16-8-3-6-11-20(16)30-15-22(28)26-18-10-5-4-9-17(18)24/h3-13,19H,14-15H2,1-2H3,(H,25,29)(H,26,28). The second kappa shape index (κ2) is 10.7. The first-order valence-electron chi connectivity index (χ1n) is 9.70. The monoisotopic (exact) mass is 441 g/mol. The van der Waals surface area contributed by atoms with E-state index in [4.69, 9.17) is 4.74 Å². The van der Waals surface area contributed by atoms with Gasteiger partial charge in [-0.25, -0.2) is 4.39 Å². The molecule has 6 nitrogen and oxygen atoms in total. The van der Waals surface area contributed by atoms with Crippen molar-refractivity contribution < 1.29 is 18.7 Å². The third kappa shape index (κ3) is 6.13. The molecule has 1 heterocycles. The average Bonchev–Trinajstić information content (AvgIpc) is 3.28. The van der Waals surface area contributed by atoms with E-state index in [9.17, 15) is 14.0 Å². The van der Waals surface area contributed by atoms with Crippen molar-refractivity contribution in [2.45, 2.75) is 6.04 Å². The molecule has 8 heteroatoms. The molecule has 0 aliphatic rings. The van der Waals surface area contributed by atoms with Crippen molar-refractivity contribution in [3.8, 4) is 5.75 Å². The van der Waals surface area contributed by atoms with Gasteiger partial charge < -0.3 is 20.3 Å². The van der Waals surface area contributed by atoms with E-state index >= 15 is 0 Å². The molecule has 0 saturated carbocycles.